The Morgan fingerprint density at radius 2 is 1.85 bits per heavy atom. The third kappa shape index (κ3) is 2.39. The van der Waals surface area contributed by atoms with Gasteiger partial charge in [-0.05, 0) is 57.8 Å². The monoisotopic (exact) mass is 368 g/mol. The molecule has 0 radical (unpaired) electrons. The number of para-hydroxylation sites is 1. The molecule has 6 heteroatoms. The minimum absolute atomic E-state index is 0.0497. The van der Waals surface area contributed by atoms with Crippen molar-refractivity contribution in [2.24, 2.45) is 5.92 Å². The van der Waals surface area contributed by atoms with Crippen molar-refractivity contribution in [3.8, 4) is 0 Å². The van der Waals surface area contributed by atoms with E-state index < -0.39 is 5.54 Å². The lowest BCUT2D eigenvalue weighted by Gasteiger charge is -2.37. The van der Waals surface area contributed by atoms with Crippen LogP contribution in [0.3, 0.4) is 0 Å². The molecule has 4 aliphatic rings. The van der Waals surface area contributed by atoms with Gasteiger partial charge in [-0.25, -0.2) is 0 Å². The van der Waals surface area contributed by atoms with Gasteiger partial charge in [-0.15, -0.1) is 0 Å². The van der Waals surface area contributed by atoms with E-state index in [9.17, 15) is 9.59 Å². The zero-order valence-corrected chi connectivity index (χ0v) is 15.7. The molecule has 144 valence electrons. The molecular weight excluding hydrogens is 340 g/mol. The largest absolute Gasteiger partial charge is 0.356 e. The molecule has 2 N–H and O–H groups in total. The topological polar surface area (TPSA) is 64.7 Å². The molecule has 1 spiro atoms. The Bertz CT molecular complexity index is 766. The van der Waals surface area contributed by atoms with Crippen molar-refractivity contribution in [2.75, 3.05) is 37.6 Å². The molecule has 0 unspecified atom stereocenters. The van der Waals surface area contributed by atoms with Crippen molar-refractivity contribution in [1.82, 2.24) is 15.5 Å². The number of hydrogen-bond acceptors (Lipinski definition) is 4. The van der Waals surface area contributed by atoms with Gasteiger partial charge in [0.1, 0.15) is 5.54 Å². The van der Waals surface area contributed by atoms with Crippen LogP contribution in [0.1, 0.15) is 37.7 Å². The molecule has 1 aromatic carbocycles. The first-order chi connectivity index (χ1) is 13.2. The van der Waals surface area contributed by atoms with Gasteiger partial charge in [0.05, 0.1) is 5.92 Å². The number of amides is 2. The van der Waals surface area contributed by atoms with Crippen LogP contribution in [0.2, 0.25) is 0 Å². The second-order valence-corrected chi connectivity index (χ2v) is 8.27. The molecule has 0 aromatic heterocycles. The number of carbonyl (C=O) groups excluding carboxylic acids is 2. The smallest absolute Gasteiger partial charge is 0.253 e. The normalized spacial score (nSPS) is 34.1. The van der Waals surface area contributed by atoms with Gasteiger partial charge in [0.25, 0.3) is 5.91 Å². The highest BCUT2D eigenvalue weighted by Gasteiger charge is 2.66. The summed E-state index contributed by atoms with van der Waals surface area (Å²) >= 11 is 0. The van der Waals surface area contributed by atoms with Crippen molar-refractivity contribution in [3.05, 3.63) is 29.8 Å². The summed E-state index contributed by atoms with van der Waals surface area (Å²) in [5, 5.41) is 6.56. The molecule has 4 aliphatic heterocycles. The molecule has 3 atom stereocenters. The summed E-state index contributed by atoms with van der Waals surface area (Å²) in [5.74, 6) is -0.128. The van der Waals surface area contributed by atoms with E-state index in [2.05, 4.69) is 27.7 Å². The fourth-order valence-electron chi connectivity index (χ4n) is 5.82. The quantitative estimate of drug-likeness (QED) is 0.723. The molecule has 3 fully saturated rings. The summed E-state index contributed by atoms with van der Waals surface area (Å²) in [6.07, 6.45) is 4.83. The second kappa shape index (κ2) is 6.60. The number of anilines is 1. The van der Waals surface area contributed by atoms with Crippen molar-refractivity contribution in [3.63, 3.8) is 0 Å². The van der Waals surface area contributed by atoms with Crippen molar-refractivity contribution >= 4 is 17.5 Å². The van der Waals surface area contributed by atoms with Crippen LogP contribution in [-0.2, 0) is 15.1 Å². The summed E-state index contributed by atoms with van der Waals surface area (Å²) in [7, 11) is 0. The van der Waals surface area contributed by atoms with Crippen molar-refractivity contribution in [2.45, 2.75) is 43.7 Å². The van der Waals surface area contributed by atoms with E-state index in [1.807, 2.05) is 17.0 Å². The van der Waals surface area contributed by atoms with Gasteiger partial charge in [0, 0.05) is 30.4 Å². The Morgan fingerprint density at radius 1 is 1.00 bits per heavy atom. The van der Waals surface area contributed by atoms with Gasteiger partial charge in [-0.1, -0.05) is 18.2 Å². The molecule has 2 amide bonds. The number of nitrogens with one attached hydrogen (secondary N) is 2. The number of hydrogen-bond donors (Lipinski definition) is 2. The van der Waals surface area contributed by atoms with Crippen LogP contribution in [0, 0.1) is 5.92 Å². The molecule has 6 nitrogen and oxygen atoms in total. The maximum Gasteiger partial charge on any atom is 0.253 e. The van der Waals surface area contributed by atoms with Crippen LogP contribution in [0.25, 0.3) is 0 Å². The average Bonchev–Trinajstić information content (AvgIpc) is 3.32. The number of carbonyl (C=O) groups is 2. The highest BCUT2D eigenvalue weighted by Crippen LogP contribution is 2.56. The van der Waals surface area contributed by atoms with Crippen LogP contribution in [-0.4, -0.2) is 55.5 Å². The SMILES string of the molecule is O=C1NCCCNCCCN2C(=O)[C@@]3(c4ccccc42)[C@@H]1C[C@@H]1CCCN13. The van der Waals surface area contributed by atoms with E-state index in [1.54, 1.807) is 0 Å². The van der Waals surface area contributed by atoms with Crippen LogP contribution in [0.4, 0.5) is 5.69 Å². The van der Waals surface area contributed by atoms with Crippen molar-refractivity contribution in [1.29, 1.82) is 0 Å². The molecule has 5 rings (SSSR count). The average molecular weight is 368 g/mol. The standard InChI is InChI=1S/C21H28N4O2/c26-19-17-14-15-6-3-13-25(15)21(17)16-7-1-2-8-18(16)24(20(21)27)12-5-10-22-9-4-11-23-19/h1-2,7-8,15,17,22H,3-6,9-14H2,(H,23,26)/t15-,17+,21+/m0/s1. The van der Waals surface area contributed by atoms with E-state index in [0.717, 1.165) is 63.0 Å². The lowest BCUT2D eigenvalue weighted by Crippen LogP contribution is -2.56. The number of rotatable bonds is 0. The number of nitrogens with zero attached hydrogens (tertiary/aromatic N) is 2. The summed E-state index contributed by atoms with van der Waals surface area (Å²) in [6, 6.07) is 8.50. The number of fused-ring (bicyclic) bond motifs is 4. The molecule has 27 heavy (non-hydrogen) atoms. The Hall–Kier alpha value is -1.92. The fraction of sp³-hybridized carbons (Fsp3) is 0.619. The van der Waals surface area contributed by atoms with Crippen LogP contribution >= 0.6 is 0 Å². The molecule has 1 aromatic rings. The maximum absolute atomic E-state index is 13.9. The van der Waals surface area contributed by atoms with Gasteiger partial charge in [-0.3, -0.25) is 14.5 Å². The Labute approximate surface area is 160 Å². The van der Waals surface area contributed by atoms with E-state index in [4.69, 9.17) is 0 Å². The Kier molecular flexibility index (Phi) is 4.20. The minimum Gasteiger partial charge on any atom is -0.356 e. The predicted octanol–water partition coefficient (Wildman–Crippen LogP) is 1.21. The van der Waals surface area contributed by atoms with Gasteiger partial charge >= 0.3 is 0 Å². The van der Waals surface area contributed by atoms with Crippen molar-refractivity contribution < 1.29 is 9.59 Å². The Morgan fingerprint density at radius 3 is 2.78 bits per heavy atom. The summed E-state index contributed by atoms with van der Waals surface area (Å²) in [4.78, 5) is 31.5. The van der Waals surface area contributed by atoms with Gasteiger partial charge in [-0.2, -0.15) is 0 Å². The predicted molar refractivity (Wildman–Crippen MR) is 103 cm³/mol. The highest BCUT2D eigenvalue weighted by molar-refractivity contribution is 6.10. The minimum atomic E-state index is -0.802. The van der Waals surface area contributed by atoms with Gasteiger partial charge < -0.3 is 15.5 Å². The molecule has 0 aliphatic carbocycles. The summed E-state index contributed by atoms with van der Waals surface area (Å²) in [6.45, 7) is 4.07. The van der Waals surface area contributed by atoms with Crippen LogP contribution in [0.5, 0.6) is 0 Å². The second-order valence-electron chi connectivity index (χ2n) is 8.27. The lowest BCUT2D eigenvalue weighted by atomic mass is 9.78. The first kappa shape index (κ1) is 17.2. The zero-order valence-electron chi connectivity index (χ0n) is 15.7. The van der Waals surface area contributed by atoms with E-state index in [-0.39, 0.29) is 17.7 Å². The first-order valence-electron chi connectivity index (χ1n) is 10.4. The lowest BCUT2D eigenvalue weighted by molar-refractivity contribution is -0.138. The first-order valence-corrected chi connectivity index (χ1v) is 10.4. The molecular formula is C21H28N4O2. The summed E-state index contributed by atoms with van der Waals surface area (Å²) in [5.41, 5.74) is 1.25. The third-order valence-corrected chi connectivity index (χ3v) is 6.90. The van der Waals surface area contributed by atoms with E-state index in [0.29, 0.717) is 19.1 Å². The van der Waals surface area contributed by atoms with Gasteiger partial charge in [0.15, 0.2) is 0 Å². The molecule has 4 heterocycles. The molecule has 2 bridgehead atoms. The third-order valence-electron chi connectivity index (χ3n) is 6.90. The summed E-state index contributed by atoms with van der Waals surface area (Å²) < 4.78 is 0. The fourth-order valence-corrected chi connectivity index (χ4v) is 5.82. The van der Waals surface area contributed by atoms with Crippen LogP contribution in [0.15, 0.2) is 24.3 Å². The Balaban J connectivity index is 1.65. The van der Waals surface area contributed by atoms with Gasteiger partial charge in [0.2, 0.25) is 5.91 Å². The van der Waals surface area contributed by atoms with Crippen LogP contribution < -0.4 is 15.5 Å². The van der Waals surface area contributed by atoms with E-state index in [1.165, 1.54) is 0 Å². The van der Waals surface area contributed by atoms with E-state index >= 15 is 0 Å². The molecule has 0 saturated carbocycles. The highest BCUT2D eigenvalue weighted by atomic mass is 16.2. The number of benzene rings is 1. The maximum atomic E-state index is 13.9. The zero-order chi connectivity index (χ0) is 18.4. The molecule has 3 saturated heterocycles.